The number of para-hydroxylation sites is 2. The lowest BCUT2D eigenvalue weighted by Crippen LogP contribution is -2.17. The smallest absolute Gasteiger partial charge is 0.213 e. The van der Waals surface area contributed by atoms with E-state index in [4.69, 9.17) is 20.5 Å². The molecule has 3 aromatic rings. The van der Waals surface area contributed by atoms with Gasteiger partial charge in [0.1, 0.15) is 16.5 Å². The zero-order chi connectivity index (χ0) is 20.4. The maximum absolute atomic E-state index is 5.82. The Labute approximate surface area is 172 Å². The third-order valence-corrected chi connectivity index (χ3v) is 5.06. The summed E-state index contributed by atoms with van der Waals surface area (Å²) in [6.45, 7) is 0. The molecule has 7 nitrogen and oxygen atoms in total. The maximum atomic E-state index is 5.82. The van der Waals surface area contributed by atoms with E-state index < -0.39 is 0 Å². The Hall–Kier alpha value is -3.52. The molecular formula is C21H20N6OS. The van der Waals surface area contributed by atoms with Crippen LogP contribution in [0.5, 0.6) is 5.75 Å². The number of methoxy groups -OCH3 is 1. The maximum Gasteiger partial charge on any atom is 0.213 e. The molecular weight excluding hydrogens is 384 g/mol. The number of rotatable bonds is 5. The monoisotopic (exact) mass is 404 g/mol. The number of nitrogens with zero attached hydrogens (tertiary/aromatic N) is 5. The number of ether oxygens (including phenoxy) is 1. The lowest BCUT2D eigenvalue weighted by atomic mass is 10.1. The fraction of sp³-hybridized carbons (Fsp3) is 0.143. The van der Waals surface area contributed by atoms with E-state index in [0.29, 0.717) is 33.3 Å². The summed E-state index contributed by atoms with van der Waals surface area (Å²) in [6, 6.07) is 15.7. The highest BCUT2D eigenvalue weighted by Gasteiger charge is 2.25. The highest BCUT2D eigenvalue weighted by Crippen LogP contribution is 2.29. The zero-order valence-electron chi connectivity index (χ0n) is 16.3. The van der Waals surface area contributed by atoms with Crippen LogP contribution in [0.1, 0.15) is 11.1 Å². The van der Waals surface area contributed by atoms with Crippen LogP contribution in [0.2, 0.25) is 0 Å². The second-order valence-corrected chi connectivity index (χ2v) is 7.53. The van der Waals surface area contributed by atoms with E-state index in [9.17, 15) is 0 Å². The molecule has 29 heavy (non-hydrogen) atoms. The van der Waals surface area contributed by atoms with Crippen LogP contribution in [0.3, 0.4) is 0 Å². The second-order valence-electron chi connectivity index (χ2n) is 6.49. The van der Waals surface area contributed by atoms with E-state index in [-0.39, 0.29) is 0 Å². The summed E-state index contributed by atoms with van der Waals surface area (Å²) < 4.78 is 5.49. The summed E-state index contributed by atoms with van der Waals surface area (Å²) in [5.41, 5.74) is 9.27. The zero-order valence-corrected chi connectivity index (χ0v) is 17.1. The fourth-order valence-electron chi connectivity index (χ4n) is 3.03. The quantitative estimate of drug-likeness (QED) is 0.701. The highest BCUT2D eigenvalue weighted by molar-refractivity contribution is 7.19. The molecule has 4 rings (SSSR count). The Balaban J connectivity index is 1.88. The van der Waals surface area contributed by atoms with Gasteiger partial charge in [-0.2, -0.15) is 4.99 Å². The van der Waals surface area contributed by atoms with Crippen molar-refractivity contribution in [1.82, 2.24) is 4.98 Å². The summed E-state index contributed by atoms with van der Waals surface area (Å²) in [6.07, 6.45) is 1.59. The molecule has 0 atom stereocenters. The first-order valence-electron chi connectivity index (χ1n) is 8.94. The molecule has 2 aromatic carbocycles. The van der Waals surface area contributed by atoms with Gasteiger partial charge in [0.25, 0.3) is 0 Å². The van der Waals surface area contributed by atoms with Gasteiger partial charge in [0.15, 0.2) is 11.7 Å². The Kier molecular flexibility index (Phi) is 5.09. The molecule has 0 aliphatic carbocycles. The third-order valence-electron chi connectivity index (χ3n) is 4.34. The standard InChI is InChI=1S/C21H20N6OS/c1-27(2)15-10-6-4-8-13(15)18-20(26-21-23-12-17(22)29-21)25-19(24-18)14-9-5-7-11-16(14)28-3/h4-12H,22H2,1-3H3/b26-20-. The molecule has 1 aliphatic rings. The minimum Gasteiger partial charge on any atom is -0.496 e. The largest absolute Gasteiger partial charge is 0.496 e. The van der Waals surface area contributed by atoms with Crippen molar-refractivity contribution >= 4 is 44.5 Å². The van der Waals surface area contributed by atoms with E-state index >= 15 is 0 Å². The highest BCUT2D eigenvalue weighted by atomic mass is 32.1. The van der Waals surface area contributed by atoms with Crippen LogP contribution < -0.4 is 15.4 Å². The molecule has 146 valence electrons. The average molecular weight is 404 g/mol. The Bertz CT molecular complexity index is 1150. The van der Waals surface area contributed by atoms with Gasteiger partial charge >= 0.3 is 0 Å². The number of amidine groups is 2. The molecule has 0 spiro atoms. The van der Waals surface area contributed by atoms with Crippen LogP contribution >= 0.6 is 11.3 Å². The molecule has 2 heterocycles. The van der Waals surface area contributed by atoms with Gasteiger partial charge in [-0.1, -0.05) is 41.7 Å². The van der Waals surface area contributed by atoms with E-state index in [2.05, 4.69) is 9.98 Å². The lowest BCUT2D eigenvalue weighted by molar-refractivity contribution is 0.414. The number of thiazole rings is 1. The number of nitrogens with two attached hydrogens (primary N) is 1. The fourth-order valence-corrected chi connectivity index (χ4v) is 3.58. The minimum absolute atomic E-state index is 0.495. The second kappa shape index (κ2) is 7.84. The number of anilines is 2. The molecule has 0 unspecified atom stereocenters. The molecule has 0 amide bonds. The van der Waals surface area contributed by atoms with Gasteiger partial charge in [-0.25, -0.2) is 15.0 Å². The third kappa shape index (κ3) is 3.74. The van der Waals surface area contributed by atoms with Gasteiger partial charge in [0.05, 0.1) is 18.9 Å². The van der Waals surface area contributed by atoms with Crippen molar-refractivity contribution in [2.75, 3.05) is 31.8 Å². The van der Waals surface area contributed by atoms with Crippen molar-refractivity contribution in [2.24, 2.45) is 15.0 Å². The minimum atomic E-state index is 0.495. The number of hydrogen-bond acceptors (Lipinski definition) is 7. The van der Waals surface area contributed by atoms with E-state index in [1.807, 2.05) is 67.5 Å². The topological polar surface area (TPSA) is 88.5 Å². The van der Waals surface area contributed by atoms with Crippen LogP contribution in [0, 0.1) is 0 Å². The average Bonchev–Trinajstić information content (AvgIpc) is 3.34. The predicted molar refractivity (Wildman–Crippen MR) is 120 cm³/mol. The summed E-state index contributed by atoms with van der Waals surface area (Å²) in [4.78, 5) is 20.5. The van der Waals surface area contributed by atoms with Gasteiger partial charge in [0.2, 0.25) is 5.13 Å². The van der Waals surface area contributed by atoms with Crippen LogP contribution in [0.25, 0.3) is 0 Å². The Morgan fingerprint density at radius 2 is 1.72 bits per heavy atom. The summed E-state index contributed by atoms with van der Waals surface area (Å²) in [5.74, 6) is 1.75. The predicted octanol–water partition coefficient (Wildman–Crippen LogP) is 3.78. The molecule has 0 saturated carbocycles. The molecule has 1 aliphatic heterocycles. The van der Waals surface area contributed by atoms with Gasteiger partial charge in [-0.3, -0.25) is 0 Å². The van der Waals surface area contributed by atoms with Crippen molar-refractivity contribution < 1.29 is 4.74 Å². The van der Waals surface area contributed by atoms with Gasteiger partial charge < -0.3 is 15.4 Å². The van der Waals surface area contributed by atoms with Crippen LogP contribution in [-0.2, 0) is 0 Å². The molecule has 0 fully saturated rings. The molecule has 0 bridgehead atoms. The van der Waals surface area contributed by atoms with Gasteiger partial charge in [0, 0.05) is 25.3 Å². The van der Waals surface area contributed by atoms with Crippen LogP contribution in [0.15, 0.2) is 69.7 Å². The molecule has 1 aromatic heterocycles. The van der Waals surface area contributed by atoms with E-state index in [1.54, 1.807) is 13.3 Å². The van der Waals surface area contributed by atoms with E-state index in [0.717, 1.165) is 16.8 Å². The first-order valence-corrected chi connectivity index (χ1v) is 9.76. The molecule has 8 heteroatoms. The first-order chi connectivity index (χ1) is 14.1. The lowest BCUT2D eigenvalue weighted by Gasteiger charge is -2.17. The van der Waals surface area contributed by atoms with Crippen molar-refractivity contribution in [2.45, 2.75) is 0 Å². The number of hydrogen-bond donors (Lipinski definition) is 1. The SMILES string of the molecule is COc1ccccc1C1=N/C(=N\c2ncc(N)s2)C(c2ccccc2N(C)C)=N1. The summed E-state index contributed by atoms with van der Waals surface area (Å²) >= 11 is 1.31. The van der Waals surface area contributed by atoms with Crippen molar-refractivity contribution in [3.05, 3.63) is 65.9 Å². The van der Waals surface area contributed by atoms with Crippen molar-refractivity contribution in [3.63, 3.8) is 0 Å². The van der Waals surface area contributed by atoms with Crippen molar-refractivity contribution in [1.29, 1.82) is 0 Å². The number of aromatic nitrogens is 1. The Morgan fingerprint density at radius 1 is 1.00 bits per heavy atom. The molecule has 0 radical (unpaired) electrons. The van der Waals surface area contributed by atoms with Gasteiger partial charge in [-0.15, -0.1) is 0 Å². The number of benzene rings is 2. The summed E-state index contributed by atoms with van der Waals surface area (Å²) in [5, 5.41) is 1.14. The normalized spacial score (nSPS) is 14.7. The van der Waals surface area contributed by atoms with Crippen LogP contribution in [0.4, 0.5) is 15.8 Å². The number of nitrogen functional groups attached to an aromatic ring is 1. The Morgan fingerprint density at radius 3 is 2.41 bits per heavy atom. The van der Waals surface area contributed by atoms with E-state index in [1.165, 1.54) is 11.3 Å². The van der Waals surface area contributed by atoms with Gasteiger partial charge in [-0.05, 0) is 18.2 Å². The van der Waals surface area contributed by atoms with Crippen LogP contribution in [-0.4, -0.2) is 43.6 Å². The summed E-state index contributed by atoms with van der Waals surface area (Å²) in [7, 11) is 5.62. The molecule has 0 saturated heterocycles. The molecule has 2 N–H and O–H groups in total. The number of aliphatic imine (C=N–C) groups is 3. The van der Waals surface area contributed by atoms with Crippen molar-refractivity contribution in [3.8, 4) is 5.75 Å². The first kappa shape index (κ1) is 18.8.